The van der Waals surface area contributed by atoms with Crippen molar-refractivity contribution < 1.29 is 9.90 Å². The normalized spacial score (nSPS) is 12.8. The van der Waals surface area contributed by atoms with Crippen LogP contribution in [-0.2, 0) is 4.79 Å². The first-order valence-corrected chi connectivity index (χ1v) is 5.08. The van der Waals surface area contributed by atoms with Gasteiger partial charge in [0.2, 0.25) is 0 Å². The van der Waals surface area contributed by atoms with Gasteiger partial charge in [-0.15, -0.1) is 0 Å². The molecule has 12 heavy (non-hydrogen) atoms. The number of carboxylic acids is 1. The van der Waals surface area contributed by atoms with Crippen LogP contribution in [0.1, 0.15) is 45.4 Å². The van der Waals surface area contributed by atoms with Crippen molar-refractivity contribution in [3.63, 3.8) is 0 Å². The van der Waals surface area contributed by atoms with Gasteiger partial charge in [0, 0.05) is 11.7 Å². The first-order valence-electron chi connectivity index (χ1n) is 4.56. The van der Waals surface area contributed by atoms with Crippen LogP contribution in [0.3, 0.4) is 0 Å². The minimum atomic E-state index is -0.693. The van der Waals surface area contributed by atoms with Crippen LogP contribution in [-0.4, -0.2) is 16.3 Å². The summed E-state index contributed by atoms with van der Waals surface area (Å²) >= 11 is 4.39. The fourth-order valence-corrected chi connectivity index (χ4v) is 1.57. The second-order valence-corrected chi connectivity index (χ2v) is 3.81. The molecule has 72 valence electrons. The van der Waals surface area contributed by atoms with Gasteiger partial charge in [-0.25, -0.2) is 0 Å². The van der Waals surface area contributed by atoms with Crippen LogP contribution in [0.25, 0.3) is 0 Å². The molecule has 0 aromatic heterocycles. The van der Waals surface area contributed by atoms with Crippen LogP contribution in [0.4, 0.5) is 0 Å². The van der Waals surface area contributed by atoms with Crippen molar-refractivity contribution in [3.8, 4) is 0 Å². The molecule has 0 fully saturated rings. The number of hydrogen-bond acceptors (Lipinski definition) is 2. The fraction of sp³-hybridized carbons (Fsp3) is 0.889. The van der Waals surface area contributed by atoms with Gasteiger partial charge in [-0.3, -0.25) is 4.79 Å². The van der Waals surface area contributed by atoms with Crippen molar-refractivity contribution in [3.05, 3.63) is 0 Å². The zero-order valence-corrected chi connectivity index (χ0v) is 8.52. The first kappa shape index (κ1) is 11.8. The quantitative estimate of drug-likeness (QED) is 0.478. The molecule has 0 aliphatic carbocycles. The molecule has 2 nitrogen and oxygen atoms in total. The average Bonchev–Trinajstić information content (AvgIpc) is 1.98. The molecule has 0 aromatic rings. The summed E-state index contributed by atoms with van der Waals surface area (Å²) in [5, 5.41) is 8.82. The van der Waals surface area contributed by atoms with Gasteiger partial charge in [0.1, 0.15) is 0 Å². The van der Waals surface area contributed by atoms with E-state index in [1.54, 1.807) is 0 Å². The van der Waals surface area contributed by atoms with E-state index in [2.05, 4.69) is 19.6 Å². The van der Waals surface area contributed by atoms with Crippen LogP contribution in [0.5, 0.6) is 0 Å². The Morgan fingerprint density at radius 2 is 2.08 bits per heavy atom. The predicted octanol–water partition coefficient (Wildman–Crippen LogP) is 2.73. The highest BCUT2D eigenvalue weighted by Gasteiger charge is 2.02. The van der Waals surface area contributed by atoms with Gasteiger partial charge in [-0.05, 0) is 19.3 Å². The monoisotopic (exact) mass is 190 g/mol. The average molecular weight is 190 g/mol. The smallest absolute Gasteiger partial charge is 0.303 e. The molecule has 0 aliphatic rings. The zero-order chi connectivity index (χ0) is 9.40. The zero-order valence-electron chi connectivity index (χ0n) is 7.62. The van der Waals surface area contributed by atoms with E-state index in [1.807, 2.05) is 0 Å². The summed E-state index contributed by atoms with van der Waals surface area (Å²) < 4.78 is 0. The number of hydrogen-bond donors (Lipinski definition) is 2. The van der Waals surface area contributed by atoms with E-state index >= 15 is 0 Å². The molecule has 0 spiro atoms. The van der Waals surface area contributed by atoms with Crippen molar-refractivity contribution in [2.24, 2.45) is 0 Å². The van der Waals surface area contributed by atoms with E-state index in [0.717, 1.165) is 32.1 Å². The highest BCUT2D eigenvalue weighted by Crippen LogP contribution is 2.13. The van der Waals surface area contributed by atoms with Crippen LogP contribution < -0.4 is 0 Å². The minimum absolute atomic E-state index is 0.298. The number of aliphatic carboxylic acids is 1. The van der Waals surface area contributed by atoms with E-state index in [9.17, 15) is 4.79 Å². The summed E-state index contributed by atoms with van der Waals surface area (Å²) in [6, 6.07) is 0. The van der Waals surface area contributed by atoms with E-state index in [-0.39, 0.29) is 0 Å². The summed E-state index contributed by atoms with van der Waals surface area (Å²) in [4.78, 5) is 10.2. The number of rotatable bonds is 7. The predicted molar refractivity (Wildman–Crippen MR) is 53.8 cm³/mol. The van der Waals surface area contributed by atoms with Gasteiger partial charge in [-0.1, -0.05) is 19.8 Å². The lowest BCUT2D eigenvalue weighted by molar-refractivity contribution is -0.137. The fourth-order valence-electron chi connectivity index (χ4n) is 1.13. The molecule has 3 heteroatoms. The second-order valence-electron chi connectivity index (χ2n) is 3.08. The number of carboxylic acid groups (broad SMARTS) is 1. The van der Waals surface area contributed by atoms with E-state index in [4.69, 9.17) is 5.11 Å². The maximum absolute atomic E-state index is 10.2. The third-order valence-electron chi connectivity index (χ3n) is 1.80. The maximum atomic E-state index is 10.2. The molecule has 0 bridgehead atoms. The molecule has 0 aliphatic heterocycles. The Morgan fingerprint density at radius 3 is 2.58 bits per heavy atom. The Bertz CT molecular complexity index is 126. The van der Waals surface area contributed by atoms with Crippen LogP contribution in [0, 0.1) is 0 Å². The van der Waals surface area contributed by atoms with Crippen molar-refractivity contribution in [2.75, 3.05) is 0 Å². The summed E-state index contributed by atoms with van der Waals surface area (Å²) in [6.07, 6.45) is 5.41. The molecular weight excluding hydrogens is 172 g/mol. The van der Waals surface area contributed by atoms with Gasteiger partial charge in [-0.2, -0.15) is 12.6 Å². The van der Waals surface area contributed by atoms with Crippen molar-refractivity contribution in [2.45, 2.75) is 50.7 Å². The van der Waals surface area contributed by atoms with E-state index in [1.165, 1.54) is 0 Å². The SMILES string of the molecule is CCCC(S)CCCCC(=O)O. The van der Waals surface area contributed by atoms with E-state index < -0.39 is 5.97 Å². The van der Waals surface area contributed by atoms with Gasteiger partial charge < -0.3 is 5.11 Å². The number of thiol groups is 1. The largest absolute Gasteiger partial charge is 0.481 e. The lowest BCUT2D eigenvalue weighted by Crippen LogP contribution is -1.99. The Hall–Kier alpha value is -0.180. The molecule has 0 radical (unpaired) electrons. The summed E-state index contributed by atoms with van der Waals surface area (Å²) in [5.41, 5.74) is 0. The van der Waals surface area contributed by atoms with Crippen molar-refractivity contribution in [1.82, 2.24) is 0 Å². The van der Waals surface area contributed by atoms with Gasteiger partial charge >= 0.3 is 5.97 Å². The molecule has 0 heterocycles. The Balaban J connectivity index is 3.13. The molecule has 1 unspecified atom stereocenters. The Labute approximate surface area is 79.8 Å². The van der Waals surface area contributed by atoms with Gasteiger partial charge in [0.25, 0.3) is 0 Å². The minimum Gasteiger partial charge on any atom is -0.481 e. The number of carbonyl (C=O) groups is 1. The first-order chi connectivity index (χ1) is 5.66. The van der Waals surface area contributed by atoms with E-state index in [0.29, 0.717) is 11.7 Å². The van der Waals surface area contributed by atoms with Gasteiger partial charge in [0.15, 0.2) is 0 Å². The summed E-state index contributed by atoms with van der Waals surface area (Å²) in [7, 11) is 0. The lowest BCUT2D eigenvalue weighted by atomic mass is 10.1. The lowest BCUT2D eigenvalue weighted by Gasteiger charge is -2.07. The molecule has 1 atom stereocenters. The highest BCUT2D eigenvalue weighted by molar-refractivity contribution is 7.80. The molecule has 0 rings (SSSR count). The summed E-state index contributed by atoms with van der Waals surface area (Å²) in [5.74, 6) is -0.693. The molecule has 0 aromatic carbocycles. The molecule has 0 amide bonds. The topological polar surface area (TPSA) is 37.3 Å². The summed E-state index contributed by atoms with van der Waals surface area (Å²) in [6.45, 7) is 2.14. The maximum Gasteiger partial charge on any atom is 0.303 e. The third kappa shape index (κ3) is 7.92. The molecule has 0 saturated heterocycles. The van der Waals surface area contributed by atoms with Crippen LogP contribution in [0.2, 0.25) is 0 Å². The van der Waals surface area contributed by atoms with Crippen LogP contribution in [0.15, 0.2) is 0 Å². The Kier molecular flexibility index (Phi) is 7.36. The Morgan fingerprint density at radius 1 is 1.42 bits per heavy atom. The molecule has 0 saturated carbocycles. The number of unbranched alkanes of at least 4 members (excludes halogenated alkanes) is 1. The van der Waals surface area contributed by atoms with Crippen molar-refractivity contribution >= 4 is 18.6 Å². The highest BCUT2D eigenvalue weighted by atomic mass is 32.1. The van der Waals surface area contributed by atoms with Gasteiger partial charge in [0.05, 0.1) is 0 Å². The second kappa shape index (κ2) is 7.47. The standard InChI is InChI=1S/C9H18O2S/c1-2-5-8(12)6-3-4-7-9(10)11/h8,12H,2-7H2,1H3,(H,10,11). The molecular formula is C9H18O2S. The van der Waals surface area contributed by atoms with Crippen LogP contribution >= 0.6 is 12.6 Å². The van der Waals surface area contributed by atoms with Crippen molar-refractivity contribution in [1.29, 1.82) is 0 Å². The third-order valence-corrected chi connectivity index (χ3v) is 2.32. The molecule has 1 N–H and O–H groups in total.